The van der Waals surface area contributed by atoms with Gasteiger partial charge in [0.25, 0.3) is 0 Å². The minimum absolute atomic E-state index is 0. The minimum atomic E-state index is -0.898. The molecule has 312 valence electrons. The highest BCUT2D eigenvalue weighted by molar-refractivity contribution is 5.91. The van der Waals surface area contributed by atoms with E-state index in [2.05, 4.69) is 47.6 Å². The molecule has 0 amide bonds. The average molecular weight is 757 g/mol. The zero-order valence-corrected chi connectivity index (χ0v) is 34.9. The number of Topliss-reactive ketones (excluding diaryl/α,β-unsaturated/α-hetero) is 1. The second-order valence-corrected chi connectivity index (χ2v) is 21.1. The molecule has 1 aliphatic heterocycles. The number of rotatable bonds is 5. The summed E-state index contributed by atoms with van der Waals surface area (Å²) in [5.41, 5.74) is 1.31. The fourth-order valence-electron chi connectivity index (χ4n) is 11.6. The van der Waals surface area contributed by atoms with Crippen LogP contribution in [0, 0.1) is 34.0 Å². The molecule has 8 atom stereocenters. The third kappa shape index (κ3) is 9.18. The SMILES string of the molecule is C.C.CC(C)(O)[C@@H]1CC[C@]2(C)CCC(=O)C=C2C1.CC(C)(O)[C@@H]1CC[C@]2(C)CCC(=O)C[C@]2(O)C1.CCCCC1=CCC[C@@]2(C)CC[C@@H]3C[C@]12OC3(C)C. The number of ketones is 2. The molecule has 6 nitrogen and oxygen atoms in total. The van der Waals surface area contributed by atoms with Crippen LogP contribution in [0.1, 0.15) is 206 Å². The number of ether oxygens (including phenoxy) is 1. The van der Waals surface area contributed by atoms with Gasteiger partial charge in [-0.1, -0.05) is 60.6 Å². The quantitative estimate of drug-likeness (QED) is 0.241. The van der Waals surface area contributed by atoms with Crippen molar-refractivity contribution in [2.75, 3.05) is 0 Å². The zero-order valence-electron chi connectivity index (χ0n) is 34.9. The van der Waals surface area contributed by atoms with Gasteiger partial charge < -0.3 is 20.1 Å². The van der Waals surface area contributed by atoms with Crippen LogP contribution in [-0.2, 0) is 14.3 Å². The summed E-state index contributed by atoms with van der Waals surface area (Å²) in [7, 11) is 0. The first-order chi connectivity index (χ1) is 23.9. The highest BCUT2D eigenvalue weighted by Crippen LogP contribution is 2.65. The molecule has 0 radical (unpaired) electrons. The number of hydrogen-bond donors (Lipinski definition) is 3. The Hall–Kier alpha value is -1.34. The predicted octanol–water partition coefficient (Wildman–Crippen LogP) is 11.4. The number of fused-ring (bicyclic) bond motifs is 3. The molecule has 0 aromatic rings. The first-order valence-electron chi connectivity index (χ1n) is 21.2. The van der Waals surface area contributed by atoms with E-state index in [4.69, 9.17) is 4.74 Å². The average Bonchev–Trinajstić information content (AvgIpc) is 3.27. The Bertz CT molecular complexity index is 1390. The highest BCUT2D eigenvalue weighted by atomic mass is 16.5. The van der Waals surface area contributed by atoms with Crippen molar-refractivity contribution in [1.82, 2.24) is 0 Å². The summed E-state index contributed by atoms with van der Waals surface area (Å²) < 4.78 is 6.81. The van der Waals surface area contributed by atoms with Crippen molar-refractivity contribution in [2.24, 2.45) is 34.0 Å². The maximum Gasteiger partial charge on any atom is 0.155 e. The fraction of sp³-hybridized carbons (Fsp3) is 0.875. The van der Waals surface area contributed by atoms with E-state index in [1.54, 1.807) is 19.4 Å². The van der Waals surface area contributed by atoms with Crippen molar-refractivity contribution in [2.45, 2.75) is 234 Å². The van der Waals surface area contributed by atoms with Crippen molar-refractivity contribution >= 4 is 11.6 Å². The zero-order chi connectivity index (χ0) is 38.6. The molecule has 1 saturated heterocycles. The van der Waals surface area contributed by atoms with Crippen molar-refractivity contribution < 1.29 is 29.6 Å². The topological polar surface area (TPSA) is 104 Å². The third-order valence-electron chi connectivity index (χ3n) is 16.1. The summed E-state index contributed by atoms with van der Waals surface area (Å²) in [6, 6.07) is 0. The van der Waals surface area contributed by atoms with E-state index in [1.807, 2.05) is 19.9 Å². The minimum Gasteiger partial charge on any atom is -0.390 e. The van der Waals surface area contributed by atoms with Gasteiger partial charge in [-0.2, -0.15) is 0 Å². The third-order valence-corrected chi connectivity index (χ3v) is 16.1. The number of hydrogen-bond acceptors (Lipinski definition) is 6. The van der Waals surface area contributed by atoms with Gasteiger partial charge in [0, 0.05) is 24.7 Å². The van der Waals surface area contributed by atoms with Crippen LogP contribution in [-0.4, -0.2) is 54.9 Å². The van der Waals surface area contributed by atoms with Gasteiger partial charge in [0.05, 0.1) is 28.0 Å². The van der Waals surface area contributed by atoms with E-state index < -0.39 is 16.8 Å². The van der Waals surface area contributed by atoms with Crippen molar-refractivity contribution in [3.05, 3.63) is 23.3 Å². The van der Waals surface area contributed by atoms with Crippen LogP contribution >= 0.6 is 0 Å². The van der Waals surface area contributed by atoms with Gasteiger partial charge in [-0.15, -0.1) is 0 Å². The lowest BCUT2D eigenvalue weighted by molar-refractivity contribution is -0.175. The number of carbonyl (C=O) groups is 2. The maximum absolute atomic E-state index is 11.6. The van der Waals surface area contributed by atoms with E-state index in [9.17, 15) is 24.9 Å². The smallest absolute Gasteiger partial charge is 0.155 e. The van der Waals surface area contributed by atoms with Gasteiger partial charge in [0.1, 0.15) is 5.78 Å². The molecule has 5 fully saturated rings. The van der Waals surface area contributed by atoms with Crippen molar-refractivity contribution in [3.63, 3.8) is 0 Å². The number of allylic oxidation sites excluding steroid dienone is 3. The van der Waals surface area contributed by atoms with E-state index in [1.165, 1.54) is 56.9 Å². The molecular formula is C48H84O6. The molecule has 6 heteroatoms. The lowest BCUT2D eigenvalue weighted by Gasteiger charge is -2.55. The molecule has 6 aliphatic carbocycles. The fourth-order valence-corrected chi connectivity index (χ4v) is 11.6. The van der Waals surface area contributed by atoms with Crippen molar-refractivity contribution in [3.8, 4) is 0 Å². The van der Waals surface area contributed by atoms with Crippen LogP contribution in [0.3, 0.4) is 0 Å². The van der Waals surface area contributed by atoms with Crippen LogP contribution in [0.15, 0.2) is 23.3 Å². The van der Waals surface area contributed by atoms with Crippen LogP contribution < -0.4 is 0 Å². The highest BCUT2D eigenvalue weighted by Gasteiger charge is 2.64. The second kappa shape index (κ2) is 16.5. The van der Waals surface area contributed by atoms with Crippen LogP contribution in [0.2, 0.25) is 0 Å². The Morgan fingerprint density at radius 3 is 2.06 bits per heavy atom. The van der Waals surface area contributed by atoms with E-state index >= 15 is 0 Å². The molecule has 4 saturated carbocycles. The Morgan fingerprint density at radius 2 is 1.43 bits per heavy atom. The van der Waals surface area contributed by atoms with Crippen LogP contribution in [0.25, 0.3) is 0 Å². The molecule has 3 N–H and O–H groups in total. The molecule has 54 heavy (non-hydrogen) atoms. The molecule has 7 rings (SSSR count). The van der Waals surface area contributed by atoms with Gasteiger partial charge in [-0.25, -0.2) is 0 Å². The molecule has 0 aromatic heterocycles. The monoisotopic (exact) mass is 757 g/mol. The maximum atomic E-state index is 11.6. The number of unbranched alkanes of at least 4 members (excludes halogenated alkanes) is 1. The van der Waals surface area contributed by atoms with Gasteiger partial charge in [-0.05, 0) is 178 Å². The molecule has 0 unspecified atom stereocenters. The first-order valence-corrected chi connectivity index (χ1v) is 21.2. The normalized spacial score (nSPS) is 39.6. The Balaban J connectivity index is 0.000000215. The summed E-state index contributed by atoms with van der Waals surface area (Å²) >= 11 is 0. The number of carbonyl (C=O) groups excluding carboxylic acids is 2. The first kappa shape index (κ1) is 47.0. The molecular weight excluding hydrogens is 673 g/mol. The van der Waals surface area contributed by atoms with E-state index in [0.29, 0.717) is 30.6 Å². The molecule has 0 aromatic carbocycles. The predicted molar refractivity (Wildman–Crippen MR) is 223 cm³/mol. The Kier molecular flexibility index (Phi) is 14.4. The summed E-state index contributed by atoms with van der Waals surface area (Å²) in [6.07, 6.45) is 23.7. The second-order valence-electron chi connectivity index (χ2n) is 21.1. The molecule has 1 heterocycles. The summed E-state index contributed by atoms with van der Waals surface area (Å²) in [5.74, 6) is 1.60. The summed E-state index contributed by atoms with van der Waals surface area (Å²) in [4.78, 5) is 23.1. The molecule has 2 bridgehead atoms. The Morgan fingerprint density at radius 1 is 0.796 bits per heavy atom. The molecule has 1 spiro atoms. The van der Waals surface area contributed by atoms with E-state index in [-0.39, 0.29) is 60.8 Å². The van der Waals surface area contributed by atoms with E-state index in [0.717, 1.165) is 50.9 Å². The van der Waals surface area contributed by atoms with Gasteiger partial charge in [-0.3, -0.25) is 9.59 Å². The lowest BCUT2D eigenvalue weighted by atomic mass is 9.53. The standard InChI is InChI=1S/C18H30O.C14H24O3.C14H22O2.2CH4/c1-5-6-8-14-9-7-11-17(4)12-10-15-13-18(14,17)19-16(15,2)3;1-12(2,16)10-4-6-13(3)7-5-11(15)9-14(13,17)8-10;1-13(2,16)10-4-6-14(3)7-5-12(15)9-11(14)8-10;;/h9,15H,5-8,10-13H2,1-4H3;10,16-17H,4-9H2,1-3H3;9-10,16H,4-8H2,1-3H3;2*1H4/t15-,17+,18+;10-,13-,14-;10-,14-;;/m111../s1. The lowest BCUT2D eigenvalue weighted by Crippen LogP contribution is -2.57. The van der Waals surface area contributed by atoms with Crippen LogP contribution in [0.5, 0.6) is 0 Å². The number of aliphatic hydroxyl groups is 3. The molecule has 7 aliphatic rings. The summed E-state index contributed by atoms with van der Waals surface area (Å²) in [6.45, 7) is 21.2. The largest absolute Gasteiger partial charge is 0.390 e. The van der Waals surface area contributed by atoms with Gasteiger partial charge in [0.15, 0.2) is 5.78 Å². The van der Waals surface area contributed by atoms with Gasteiger partial charge in [0.2, 0.25) is 0 Å². The summed E-state index contributed by atoms with van der Waals surface area (Å²) in [5, 5.41) is 31.0. The van der Waals surface area contributed by atoms with Gasteiger partial charge >= 0.3 is 0 Å². The van der Waals surface area contributed by atoms with Crippen molar-refractivity contribution in [1.29, 1.82) is 0 Å². The van der Waals surface area contributed by atoms with Crippen LogP contribution in [0.4, 0.5) is 0 Å². The Labute approximate surface area is 331 Å².